The van der Waals surface area contributed by atoms with Gasteiger partial charge in [-0.15, -0.1) is 0 Å². The predicted octanol–water partition coefficient (Wildman–Crippen LogP) is 4.67. The molecule has 1 amide bonds. The minimum absolute atomic E-state index is 0.132. The van der Waals surface area contributed by atoms with Crippen LogP contribution in [0.4, 0.5) is 4.79 Å². The van der Waals surface area contributed by atoms with Crippen LogP contribution in [0, 0.1) is 0 Å². The Hall–Kier alpha value is -1.56. The highest BCUT2D eigenvalue weighted by Gasteiger charge is 2.38. The number of piperidine rings is 1. The van der Waals surface area contributed by atoms with E-state index in [2.05, 4.69) is 28.1 Å². The zero-order valence-electron chi connectivity index (χ0n) is 16.0. The van der Waals surface area contributed by atoms with E-state index < -0.39 is 5.60 Å². The topological polar surface area (TPSA) is 55.8 Å². The third-order valence-electron chi connectivity index (χ3n) is 4.86. The van der Waals surface area contributed by atoms with Crippen molar-refractivity contribution < 1.29 is 19.1 Å². The van der Waals surface area contributed by atoms with Gasteiger partial charge in [0.05, 0.1) is 7.11 Å². The molecular weight excluding hydrogens is 398 g/mol. The van der Waals surface area contributed by atoms with Crippen LogP contribution in [0.3, 0.4) is 0 Å². The van der Waals surface area contributed by atoms with Crippen LogP contribution >= 0.6 is 15.9 Å². The average molecular weight is 426 g/mol. The molecule has 1 aliphatic heterocycles. The van der Waals surface area contributed by atoms with E-state index in [4.69, 9.17) is 9.47 Å². The molecule has 1 fully saturated rings. The molecule has 1 aromatic rings. The van der Waals surface area contributed by atoms with Crippen molar-refractivity contribution >= 4 is 28.0 Å². The SMILES string of the molecule is COC(=O)CCC1(c2ccc(Br)cc2)CCN(C(=O)OC(C)(C)C)CC1. The fourth-order valence-electron chi connectivity index (χ4n) is 3.37. The summed E-state index contributed by atoms with van der Waals surface area (Å²) >= 11 is 3.47. The lowest BCUT2D eigenvalue weighted by Gasteiger charge is -2.42. The van der Waals surface area contributed by atoms with E-state index >= 15 is 0 Å². The molecule has 0 aromatic heterocycles. The summed E-state index contributed by atoms with van der Waals surface area (Å²) in [5.41, 5.74) is 0.573. The monoisotopic (exact) mass is 425 g/mol. The highest BCUT2D eigenvalue weighted by molar-refractivity contribution is 9.10. The first-order valence-corrected chi connectivity index (χ1v) is 9.75. The first kappa shape index (κ1) is 20.7. The Labute approximate surface area is 164 Å². The van der Waals surface area contributed by atoms with Crippen molar-refractivity contribution in [3.05, 3.63) is 34.3 Å². The minimum atomic E-state index is -0.498. The molecule has 0 unspecified atom stereocenters. The van der Waals surface area contributed by atoms with Crippen LogP contribution in [-0.4, -0.2) is 42.8 Å². The highest BCUT2D eigenvalue weighted by Crippen LogP contribution is 2.40. The molecular formula is C20H28BrNO4. The summed E-state index contributed by atoms with van der Waals surface area (Å²) < 4.78 is 11.3. The number of rotatable bonds is 4. The van der Waals surface area contributed by atoms with Gasteiger partial charge in [0.2, 0.25) is 0 Å². The number of carbonyl (C=O) groups excluding carboxylic acids is 2. The summed E-state index contributed by atoms with van der Waals surface area (Å²) in [6, 6.07) is 8.25. The van der Waals surface area contributed by atoms with Crippen LogP contribution in [0.25, 0.3) is 0 Å². The van der Waals surface area contributed by atoms with Crippen molar-refractivity contribution in [2.45, 2.75) is 57.5 Å². The van der Waals surface area contributed by atoms with Gasteiger partial charge in [-0.05, 0) is 63.1 Å². The van der Waals surface area contributed by atoms with Gasteiger partial charge in [0, 0.05) is 24.0 Å². The summed E-state index contributed by atoms with van der Waals surface area (Å²) in [4.78, 5) is 25.8. The lowest BCUT2D eigenvalue weighted by Crippen LogP contribution is -2.47. The molecule has 144 valence electrons. The molecule has 1 aliphatic rings. The van der Waals surface area contributed by atoms with Gasteiger partial charge < -0.3 is 14.4 Å². The van der Waals surface area contributed by atoms with Crippen LogP contribution in [0.2, 0.25) is 0 Å². The minimum Gasteiger partial charge on any atom is -0.469 e. The fraction of sp³-hybridized carbons (Fsp3) is 0.600. The third-order valence-corrected chi connectivity index (χ3v) is 5.39. The number of amides is 1. The third kappa shape index (κ3) is 5.47. The second-order valence-electron chi connectivity index (χ2n) is 7.83. The van der Waals surface area contributed by atoms with E-state index in [1.54, 1.807) is 4.90 Å². The van der Waals surface area contributed by atoms with E-state index in [0.29, 0.717) is 25.9 Å². The predicted molar refractivity (Wildman–Crippen MR) is 104 cm³/mol. The number of likely N-dealkylation sites (tertiary alicyclic amines) is 1. The van der Waals surface area contributed by atoms with Crippen LogP contribution in [0.15, 0.2) is 28.7 Å². The number of nitrogens with zero attached hydrogens (tertiary/aromatic N) is 1. The van der Waals surface area contributed by atoms with Gasteiger partial charge in [-0.1, -0.05) is 28.1 Å². The smallest absolute Gasteiger partial charge is 0.410 e. The van der Waals surface area contributed by atoms with Gasteiger partial charge in [0.25, 0.3) is 0 Å². The molecule has 1 heterocycles. The second kappa shape index (κ2) is 8.42. The maximum Gasteiger partial charge on any atom is 0.410 e. The van der Waals surface area contributed by atoms with Crippen molar-refractivity contribution in [2.24, 2.45) is 0 Å². The molecule has 6 heteroatoms. The number of hydrogen-bond donors (Lipinski definition) is 0. The number of esters is 1. The molecule has 0 atom stereocenters. The zero-order chi connectivity index (χ0) is 19.4. The molecule has 0 spiro atoms. The van der Waals surface area contributed by atoms with Crippen molar-refractivity contribution in [3.8, 4) is 0 Å². The maximum atomic E-state index is 12.3. The Morgan fingerprint density at radius 2 is 1.73 bits per heavy atom. The Balaban J connectivity index is 2.13. The molecule has 5 nitrogen and oxygen atoms in total. The van der Waals surface area contributed by atoms with Crippen LogP contribution in [-0.2, 0) is 19.7 Å². The Bertz CT molecular complexity index is 628. The standard InChI is InChI=1S/C20H28BrNO4/c1-19(2,3)26-18(24)22-13-11-20(12-14-22,10-9-17(23)25-4)15-5-7-16(21)8-6-15/h5-8H,9-14H2,1-4H3. The van der Waals surface area contributed by atoms with E-state index in [-0.39, 0.29) is 17.5 Å². The summed E-state index contributed by atoms with van der Waals surface area (Å²) in [5, 5.41) is 0. The van der Waals surface area contributed by atoms with Crippen molar-refractivity contribution in [3.63, 3.8) is 0 Å². The van der Waals surface area contributed by atoms with Crippen LogP contribution in [0.5, 0.6) is 0 Å². The van der Waals surface area contributed by atoms with Crippen LogP contribution in [0.1, 0.15) is 52.0 Å². The van der Waals surface area contributed by atoms with E-state index in [1.807, 2.05) is 32.9 Å². The maximum absolute atomic E-state index is 12.3. The first-order chi connectivity index (χ1) is 12.1. The zero-order valence-corrected chi connectivity index (χ0v) is 17.6. The van der Waals surface area contributed by atoms with Crippen molar-refractivity contribution in [1.82, 2.24) is 4.90 Å². The van der Waals surface area contributed by atoms with Gasteiger partial charge in [-0.2, -0.15) is 0 Å². The van der Waals surface area contributed by atoms with Gasteiger partial charge in [0.15, 0.2) is 0 Å². The van der Waals surface area contributed by atoms with Gasteiger partial charge in [-0.3, -0.25) is 4.79 Å². The van der Waals surface area contributed by atoms with E-state index in [0.717, 1.165) is 17.3 Å². The fourth-order valence-corrected chi connectivity index (χ4v) is 3.64. The Morgan fingerprint density at radius 3 is 2.23 bits per heavy atom. The normalized spacial score (nSPS) is 16.9. The number of ether oxygens (including phenoxy) is 2. The molecule has 1 saturated heterocycles. The quantitative estimate of drug-likeness (QED) is 0.657. The molecule has 2 rings (SSSR count). The molecule has 0 aliphatic carbocycles. The lowest BCUT2D eigenvalue weighted by molar-refractivity contribution is -0.141. The van der Waals surface area contributed by atoms with Crippen LogP contribution < -0.4 is 0 Å². The Morgan fingerprint density at radius 1 is 1.15 bits per heavy atom. The largest absolute Gasteiger partial charge is 0.469 e. The molecule has 1 aromatic carbocycles. The second-order valence-corrected chi connectivity index (χ2v) is 8.75. The Kier molecular flexibility index (Phi) is 6.72. The summed E-state index contributed by atoms with van der Waals surface area (Å²) in [6.45, 7) is 6.85. The van der Waals surface area contributed by atoms with E-state index in [9.17, 15) is 9.59 Å². The molecule has 26 heavy (non-hydrogen) atoms. The number of benzene rings is 1. The van der Waals surface area contributed by atoms with E-state index in [1.165, 1.54) is 12.7 Å². The first-order valence-electron chi connectivity index (χ1n) is 8.96. The number of hydrogen-bond acceptors (Lipinski definition) is 4. The van der Waals surface area contributed by atoms with Crippen molar-refractivity contribution in [2.75, 3.05) is 20.2 Å². The number of carbonyl (C=O) groups is 2. The van der Waals surface area contributed by atoms with Gasteiger partial charge >= 0.3 is 12.1 Å². The number of halogens is 1. The van der Waals surface area contributed by atoms with Gasteiger partial charge in [0.1, 0.15) is 5.60 Å². The summed E-state index contributed by atoms with van der Waals surface area (Å²) in [5.74, 6) is -0.198. The van der Waals surface area contributed by atoms with Gasteiger partial charge in [-0.25, -0.2) is 4.79 Å². The molecule has 0 saturated carbocycles. The highest BCUT2D eigenvalue weighted by atomic mass is 79.9. The summed E-state index contributed by atoms with van der Waals surface area (Å²) in [7, 11) is 1.42. The molecule has 0 radical (unpaired) electrons. The molecule has 0 bridgehead atoms. The summed E-state index contributed by atoms with van der Waals surface area (Å²) in [6.07, 6.45) is 2.41. The number of methoxy groups -OCH3 is 1. The molecule has 0 N–H and O–H groups in total. The average Bonchev–Trinajstić information content (AvgIpc) is 2.59. The lowest BCUT2D eigenvalue weighted by atomic mass is 9.70. The van der Waals surface area contributed by atoms with Crippen molar-refractivity contribution in [1.29, 1.82) is 0 Å².